The molecule has 20 heavy (non-hydrogen) atoms. The summed E-state index contributed by atoms with van der Waals surface area (Å²) < 4.78 is 0. The van der Waals surface area contributed by atoms with Gasteiger partial charge in [-0.2, -0.15) is 0 Å². The maximum atomic E-state index is 5.69. The number of nitrogens with two attached hydrogens (primary N) is 1. The lowest BCUT2D eigenvalue weighted by Crippen LogP contribution is -2.21. The van der Waals surface area contributed by atoms with Gasteiger partial charge in [0.1, 0.15) is 12.0 Å². The lowest BCUT2D eigenvalue weighted by molar-refractivity contribution is 0.643. The van der Waals surface area contributed by atoms with Gasteiger partial charge in [-0.15, -0.1) is 0 Å². The van der Waals surface area contributed by atoms with Gasteiger partial charge in [0.15, 0.2) is 0 Å². The average molecular weight is 283 g/mol. The molecule has 4 heteroatoms. The third-order valence-corrected chi connectivity index (χ3v) is 4.24. The second-order valence-corrected chi connectivity index (χ2v) is 6.03. The summed E-state index contributed by atoms with van der Waals surface area (Å²) in [5.74, 6) is 0.674. The van der Waals surface area contributed by atoms with E-state index in [1.54, 1.807) is 11.8 Å². The van der Waals surface area contributed by atoms with Gasteiger partial charge >= 0.3 is 0 Å². The van der Waals surface area contributed by atoms with Gasteiger partial charge < -0.3 is 5.73 Å². The lowest BCUT2D eigenvalue weighted by Gasteiger charge is -2.09. The summed E-state index contributed by atoms with van der Waals surface area (Å²) in [5.41, 5.74) is 8.13. The van der Waals surface area contributed by atoms with E-state index in [4.69, 9.17) is 5.73 Å². The fourth-order valence-electron chi connectivity index (χ4n) is 2.11. The predicted molar refractivity (Wildman–Crippen MR) is 84.1 cm³/mol. The maximum Gasteiger partial charge on any atom is 0.127 e. The van der Waals surface area contributed by atoms with Crippen molar-refractivity contribution in [3.63, 3.8) is 0 Å². The van der Waals surface area contributed by atoms with Crippen LogP contribution < -0.4 is 11.1 Å². The molecule has 0 saturated carbocycles. The number of benzene rings is 2. The Morgan fingerprint density at radius 1 is 1.05 bits per heavy atom. The molecule has 1 atom stereocenters. The number of hydrogen-bond donors (Lipinski definition) is 2. The predicted octanol–water partition coefficient (Wildman–Crippen LogP) is 3.11. The standard InChI is InChI=1S/C16H17N3S/c1-11-2-6-13(7-3-11)20-14-8-4-12(5-9-14)16-18-10-15(17)19-16/h2-9,16,18H,10H2,1H3,(H2,17,19). The molecule has 0 radical (unpaired) electrons. The highest BCUT2D eigenvalue weighted by Gasteiger charge is 2.15. The van der Waals surface area contributed by atoms with Crippen molar-refractivity contribution in [3.8, 4) is 0 Å². The zero-order valence-electron chi connectivity index (χ0n) is 11.3. The number of nitrogens with one attached hydrogen (secondary N) is 1. The van der Waals surface area contributed by atoms with Crippen LogP contribution in [0.2, 0.25) is 0 Å². The Balaban J connectivity index is 1.71. The van der Waals surface area contributed by atoms with Crippen molar-refractivity contribution in [1.82, 2.24) is 5.32 Å². The Labute approximate surface area is 123 Å². The van der Waals surface area contributed by atoms with Gasteiger partial charge in [-0.05, 0) is 36.8 Å². The van der Waals surface area contributed by atoms with E-state index in [9.17, 15) is 0 Å². The van der Waals surface area contributed by atoms with Crippen LogP contribution in [0.25, 0.3) is 0 Å². The van der Waals surface area contributed by atoms with E-state index < -0.39 is 0 Å². The summed E-state index contributed by atoms with van der Waals surface area (Å²) in [5, 5.41) is 3.26. The molecule has 3 N–H and O–H groups in total. The van der Waals surface area contributed by atoms with E-state index in [1.165, 1.54) is 15.4 Å². The molecule has 0 saturated heterocycles. The zero-order chi connectivity index (χ0) is 13.9. The first-order valence-corrected chi connectivity index (χ1v) is 7.42. The van der Waals surface area contributed by atoms with E-state index in [0.29, 0.717) is 12.4 Å². The van der Waals surface area contributed by atoms with Crippen molar-refractivity contribution in [2.45, 2.75) is 22.9 Å². The van der Waals surface area contributed by atoms with Crippen LogP contribution in [0.4, 0.5) is 0 Å². The van der Waals surface area contributed by atoms with E-state index in [1.807, 2.05) is 0 Å². The van der Waals surface area contributed by atoms with Crippen LogP contribution in [0, 0.1) is 6.92 Å². The van der Waals surface area contributed by atoms with E-state index in [-0.39, 0.29) is 6.17 Å². The molecule has 3 rings (SSSR count). The Morgan fingerprint density at radius 2 is 1.65 bits per heavy atom. The van der Waals surface area contributed by atoms with Crippen LogP contribution in [0.5, 0.6) is 0 Å². The van der Waals surface area contributed by atoms with Crippen molar-refractivity contribution in [1.29, 1.82) is 0 Å². The van der Waals surface area contributed by atoms with Gasteiger partial charge in [0, 0.05) is 9.79 Å². The van der Waals surface area contributed by atoms with Crippen molar-refractivity contribution in [2.24, 2.45) is 10.7 Å². The van der Waals surface area contributed by atoms with Crippen LogP contribution >= 0.6 is 11.8 Å². The SMILES string of the molecule is Cc1ccc(Sc2ccc(C3N=C(N)CN3)cc2)cc1. The second-order valence-electron chi connectivity index (χ2n) is 4.89. The van der Waals surface area contributed by atoms with Crippen LogP contribution in [-0.4, -0.2) is 12.4 Å². The highest BCUT2D eigenvalue weighted by molar-refractivity contribution is 7.99. The summed E-state index contributed by atoms with van der Waals surface area (Å²) in [6.45, 7) is 2.77. The first-order chi connectivity index (χ1) is 9.70. The van der Waals surface area contributed by atoms with Gasteiger partial charge in [0.05, 0.1) is 6.54 Å². The number of hydrogen-bond acceptors (Lipinski definition) is 4. The minimum atomic E-state index is 0.00780. The van der Waals surface area contributed by atoms with Crippen molar-refractivity contribution < 1.29 is 0 Å². The summed E-state index contributed by atoms with van der Waals surface area (Å²) in [7, 11) is 0. The highest BCUT2D eigenvalue weighted by Crippen LogP contribution is 2.29. The van der Waals surface area contributed by atoms with E-state index in [2.05, 4.69) is 65.8 Å². The summed E-state index contributed by atoms with van der Waals surface area (Å²) >= 11 is 1.77. The van der Waals surface area contributed by atoms with Crippen LogP contribution in [0.1, 0.15) is 17.3 Å². The highest BCUT2D eigenvalue weighted by atomic mass is 32.2. The van der Waals surface area contributed by atoms with Crippen LogP contribution in [-0.2, 0) is 0 Å². The van der Waals surface area contributed by atoms with Crippen LogP contribution in [0.3, 0.4) is 0 Å². The molecular formula is C16H17N3S. The normalized spacial score (nSPS) is 18.1. The molecule has 102 valence electrons. The lowest BCUT2D eigenvalue weighted by atomic mass is 10.2. The number of nitrogens with zero attached hydrogens (tertiary/aromatic N) is 1. The molecular weight excluding hydrogens is 266 g/mol. The van der Waals surface area contributed by atoms with Crippen LogP contribution in [0.15, 0.2) is 63.3 Å². The number of amidine groups is 1. The summed E-state index contributed by atoms with van der Waals surface area (Å²) in [4.78, 5) is 6.84. The van der Waals surface area contributed by atoms with Gasteiger partial charge in [-0.3, -0.25) is 5.32 Å². The molecule has 2 aromatic carbocycles. The maximum absolute atomic E-state index is 5.69. The van der Waals surface area contributed by atoms with Gasteiger partial charge in [0.2, 0.25) is 0 Å². The topological polar surface area (TPSA) is 50.4 Å². The number of aliphatic imine (C=N–C) groups is 1. The molecule has 0 aromatic heterocycles. The Morgan fingerprint density at radius 3 is 2.20 bits per heavy atom. The summed E-state index contributed by atoms with van der Waals surface area (Å²) in [6, 6.07) is 17.0. The minimum Gasteiger partial charge on any atom is -0.386 e. The van der Waals surface area contributed by atoms with Gasteiger partial charge in [-0.1, -0.05) is 41.6 Å². The Hall–Kier alpha value is -1.78. The molecule has 2 aromatic rings. The quantitative estimate of drug-likeness (QED) is 0.910. The van der Waals surface area contributed by atoms with Crippen molar-refractivity contribution >= 4 is 17.6 Å². The molecule has 0 bridgehead atoms. The van der Waals surface area contributed by atoms with Gasteiger partial charge in [-0.25, -0.2) is 4.99 Å². The fourth-order valence-corrected chi connectivity index (χ4v) is 2.93. The summed E-state index contributed by atoms with van der Waals surface area (Å²) in [6.07, 6.45) is 0.00780. The monoisotopic (exact) mass is 283 g/mol. The van der Waals surface area contributed by atoms with Crippen molar-refractivity contribution in [3.05, 3.63) is 59.7 Å². The number of aryl methyl sites for hydroxylation is 1. The minimum absolute atomic E-state index is 0.00780. The molecule has 1 heterocycles. The third-order valence-electron chi connectivity index (χ3n) is 3.22. The van der Waals surface area contributed by atoms with E-state index in [0.717, 1.165) is 5.56 Å². The van der Waals surface area contributed by atoms with E-state index >= 15 is 0 Å². The fraction of sp³-hybridized carbons (Fsp3) is 0.188. The number of rotatable bonds is 3. The molecule has 0 amide bonds. The molecule has 3 nitrogen and oxygen atoms in total. The first-order valence-electron chi connectivity index (χ1n) is 6.61. The zero-order valence-corrected chi connectivity index (χ0v) is 12.2. The smallest absolute Gasteiger partial charge is 0.127 e. The second kappa shape index (κ2) is 5.69. The largest absolute Gasteiger partial charge is 0.386 e. The molecule has 1 aliphatic heterocycles. The molecule has 0 fully saturated rings. The van der Waals surface area contributed by atoms with Gasteiger partial charge in [0.25, 0.3) is 0 Å². The molecule has 1 aliphatic rings. The molecule has 0 aliphatic carbocycles. The third kappa shape index (κ3) is 3.03. The average Bonchev–Trinajstić information content (AvgIpc) is 2.89. The molecule has 1 unspecified atom stereocenters. The Bertz CT molecular complexity index is 617. The Kier molecular flexibility index (Phi) is 3.76. The first kappa shape index (κ1) is 13.2. The van der Waals surface area contributed by atoms with Crippen molar-refractivity contribution in [2.75, 3.05) is 6.54 Å². The molecule has 0 spiro atoms.